The van der Waals surface area contributed by atoms with Crippen LogP contribution < -0.4 is 0 Å². The molecule has 6 nitrogen and oxygen atoms in total. The predicted octanol–water partition coefficient (Wildman–Crippen LogP) is 3.91. The van der Waals surface area contributed by atoms with Gasteiger partial charge in [0, 0.05) is 12.3 Å². The Hall–Kier alpha value is -3.09. The highest BCUT2D eigenvalue weighted by Gasteiger charge is 2.16. The molecule has 2 aromatic heterocycles. The summed E-state index contributed by atoms with van der Waals surface area (Å²) in [6.07, 6.45) is 1.83. The van der Waals surface area contributed by atoms with Gasteiger partial charge in [0.2, 0.25) is 0 Å². The maximum atomic E-state index is 13.3. The number of nitrogens with zero attached hydrogens (tertiary/aromatic N) is 4. The molecule has 0 fully saturated rings. The van der Waals surface area contributed by atoms with Crippen molar-refractivity contribution in [1.82, 2.24) is 9.38 Å². The van der Waals surface area contributed by atoms with E-state index in [0.717, 1.165) is 5.56 Å². The van der Waals surface area contributed by atoms with E-state index in [0.29, 0.717) is 22.8 Å². The van der Waals surface area contributed by atoms with E-state index in [1.807, 2.05) is 25.3 Å². The van der Waals surface area contributed by atoms with E-state index in [1.165, 1.54) is 19.2 Å². The average Bonchev–Trinajstić information content (AvgIpc) is 2.89. The summed E-state index contributed by atoms with van der Waals surface area (Å²) in [6, 6.07) is 9.55. The Morgan fingerprint density at radius 2 is 2.12 bits per heavy atom. The first-order valence-corrected chi connectivity index (χ1v) is 7.28. The molecule has 0 amide bonds. The second-order valence-corrected chi connectivity index (χ2v) is 5.25. The molecule has 0 saturated heterocycles. The third-order valence-corrected chi connectivity index (χ3v) is 3.42. The van der Waals surface area contributed by atoms with E-state index in [2.05, 4.69) is 15.2 Å². The minimum atomic E-state index is -0.419. The van der Waals surface area contributed by atoms with Gasteiger partial charge in [-0.3, -0.25) is 9.20 Å². The first-order chi connectivity index (χ1) is 11.6. The lowest BCUT2D eigenvalue weighted by atomic mass is 10.3. The van der Waals surface area contributed by atoms with E-state index >= 15 is 0 Å². The second kappa shape index (κ2) is 6.57. The lowest BCUT2D eigenvalue weighted by molar-refractivity contribution is -0.139. The zero-order valence-electron chi connectivity index (χ0n) is 13.2. The molecular weight excluding hydrogens is 311 g/mol. The van der Waals surface area contributed by atoms with Gasteiger partial charge >= 0.3 is 5.97 Å². The number of aromatic nitrogens is 2. The van der Waals surface area contributed by atoms with Crippen molar-refractivity contribution in [2.45, 2.75) is 13.3 Å². The van der Waals surface area contributed by atoms with Gasteiger partial charge in [-0.25, -0.2) is 9.37 Å². The molecule has 0 unspecified atom stereocenters. The quantitative estimate of drug-likeness (QED) is 0.539. The number of imidazole rings is 1. The highest BCUT2D eigenvalue weighted by molar-refractivity contribution is 5.74. The molecule has 0 bridgehead atoms. The molecule has 2 heterocycles. The summed E-state index contributed by atoms with van der Waals surface area (Å²) in [7, 11) is 1.32. The lowest BCUT2D eigenvalue weighted by Gasteiger charge is -2.00. The summed E-state index contributed by atoms with van der Waals surface area (Å²) in [6.45, 7) is 1.94. The van der Waals surface area contributed by atoms with E-state index in [4.69, 9.17) is 4.74 Å². The number of esters is 1. The normalized spacial score (nSPS) is 11.3. The Labute approximate surface area is 137 Å². The van der Waals surface area contributed by atoms with Gasteiger partial charge in [0.15, 0.2) is 5.82 Å². The van der Waals surface area contributed by atoms with Crippen LogP contribution in [0.1, 0.15) is 11.3 Å². The molecule has 0 N–H and O–H groups in total. The first-order valence-electron chi connectivity index (χ1n) is 7.28. The monoisotopic (exact) mass is 326 g/mol. The van der Waals surface area contributed by atoms with Crippen molar-refractivity contribution < 1.29 is 13.9 Å². The second-order valence-electron chi connectivity index (χ2n) is 5.25. The molecular formula is C17H15FN4O2. The largest absolute Gasteiger partial charge is 0.469 e. The SMILES string of the molecule is COC(=O)Cc1nc2ccc(C)cn2c1N=Nc1cccc(F)c1. The lowest BCUT2D eigenvalue weighted by Crippen LogP contribution is -2.04. The highest BCUT2D eigenvalue weighted by Crippen LogP contribution is 2.25. The molecule has 0 radical (unpaired) electrons. The molecule has 24 heavy (non-hydrogen) atoms. The number of carbonyl (C=O) groups excluding carboxylic acids is 1. The molecule has 0 spiro atoms. The van der Waals surface area contributed by atoms with Crippen LogP contribution in [0.4, 0.5) is 15.9 Å². The van der Waals surface area contributed by atoms with Crippen LogP contribution in [0.5, 0.6) is 0 Å². The van der Waals surface area contributed by atoms with Crippen LogP contribution in [0.2, 0.25) is 0 Å². The number of aryl methyl sites for hydroxylation is 1. The number of pyridine rings is 1. The number of fused-ring (bicyclic) bond motifs is 1. The van der Waals surface area contributed by atoms with Crippen LogP contribution in [0.15, 0.2) is 52.8 Å². The molecule has 7 heteroatoms. The zero-order chi connectivity index (χ0) is 17.1. The Bertz CT molecular complexity index is 933. The minimum absolute atomic E-state index is 0.0191. The number of ether oxygens (including phenoxy) is 1. The van der Waals surface area contributed by atoms with Gasteiger partial charge < -0.3 is 4.74 Å². The Kier molecular flexibility index (Phi) is 4.33. The van der Waals surface area contributed by atoms with Crippen molar-refractivity contribution in [3.05, 3.63) is 59.7 Å². The van der Waals surface area contributed by atoms with Gasteiger partial charge in [0.25, 0.3) is 0 Å². The van der Waals surface area contributed by atoms with Crippen LogP contribution in [0.25, 0.3) is 5.65 Å². The predicted molar refractivity (Wildman–Crippen MR) is 86.2 cm³/mol. The number of carbonyl (C=O) groups is 1. The molecule has 0 aliphatic heterocycles. The highest BCUT2D eigenvalue weighted by atomic mass is 19.1. The fourth-order valence-electron chi connectivity index (χ4n) is 2.26. The van der Waals surface area contributed by atoms with Crippen LogP contribution in [0, 0.1) is 12.7 Å². The Balaban J connectivity index is 2.07. The van der Waals surface area contributed by atoms with Crippen molar-refractivity contribution in [1.29, 1.82) is 0 Å². The molecule has 0 atom stereocenters. The summed E-state index contributed by atoms with van der Waals surface area (Å²) in [5, 5.41) is 8.24. The van der Waals surface area contributed by atoms with Crippen molar-refractivity contribution in [3.63, 3.8) is 0 Å². The third kappa shape index (κ3) is 3.29. The van der Waals surface area contributed by atoms with Crippen LogP contribution >= 0.6 is 0 Å². The average molecular weight is 326 g/mol. The minimum Gasteiger partial charge on any atom is -0.469 e. The summed E-state index contributed by atoms with van der Waals surface area (Å²) >= 11 is 0. The summed E-state index contributed by atoms with van der Waals surface area (Å²) < 4.78 is 19.7. The first kappa shape index (κ1) is 15.8. The Morgan fingerprint density at radius 1 is 1.29 bits per heavy atom. The molecule has 3 aromatic rings. The number of hydrogen-bond donors (Lipinski definition) is 0. The van der Waals surface area contributed by atoms with Crippen molar-refractivity contribution in [2.75, 3.05) is 7.11 Å². The smallest absolute Gasteiger partial charge is 0.311 e. The molecule has 0 aliphatic rings. The maximum absolute atomic E-state index is 13.3. The zero-order valence-corrected chi connectivity index (χ0v) is 13.2. The standard InChI is InChI=1S/C17H15FN4O2/c1-11-6-7-15-19-14(9-16(23)24-2)17(22(15)10-11)21-20-13-5-3-4-12(18)8-13/h3-8,10H,9H2,1-2H3. The van der Waals surface area contributed by atoms with Crippen LogP contribution in [-0.4, -0.2) is 22.5 Å². The topological polar surface area (TPSA) is 68.3 Å². The fourth-order valence-corrected chi connectivity index (χ4v) is 2.26. The van der Waals surface area contributed by atoms with Crippen LogP contribution in [-0.2, 0) is 16.0 Å². The van der Waals surface area contributed by atoms with E-state index in [-0.39, 0.29) is 6.42 Å². The molecule has 0 aliphatic carbocycles. The van der Waals surface area contributed by atoms with E-state index in [1.54, 1.807) is 16.5 Å². The number of halogens is 1. The van der Waals surface area contributed by atoms with Gasteiger partial charge in [0.05, 0.1) is 24.9 Å². The number of azo groups is 1. The number of hydrogen-bond acceptors (Lipinski definition) is 5. The Morgan fingerprint density at radius 3 is 2.88 bits per heavy atom. The summed E-state index contributed by atoms with van der Waals surface area (Å²) in [5.41, 5.74) is 2.48. The number of methoxy groups -OCH3 is 1. The fraction of sp³-hybridized carbons (Fsp3) is 0.176. The third-order valence-electron chi connectivity index (χ3n) is 3.42. The van der Waals surface area contributed by atoms with Gasteiger partial charge in [-0.05, 0) is 30.7 Å². The maximum Gasteiger partial charge on any atom is 0.311 e. The van der Waals surface area contributed by atoms with Crippen molar-refractivity contribution in [2.24, 2.45) is 10.2 Å². The number of rotatable bonds is 4. The van der Waals surface area contributed by atoms with E-state index < -0.39 is 11.8 Å². The van der Waals surface area contributed by atoms with E-state index in [9.17, 15) is 9.18 Å². The van der Waals surface area contributed by atoms with Crippen LogP contribution in [0.3, 0.4) is 0 Å². The van der Waals surface area contributed by atoms with Gasteiger partial charge in [-0.15, -0.1) is 10.2 Å². The molecule has 122 valence electrons. The molecule has 1 aromatic carbocycles. The molecule has 3 rings (SSSR count). The molecule has 0 saturated carbocycles. The van der Waals surface area contributed by atoms with Gasteiger partial charge in [-0.2, -0.15) is 0 Å². The van der Waals surface area contributed by atoms with Gasteiger partial charge in [0.1, 0.15) is 11.5 Å². The number of benzene rings is 1. The summed E-state index contributed by atoms with van der Waals surface area (Å²) in [5.74, 6) is -0.393. The van der Waals surface area contributed by atoms with Crippen molar-refractivity contribution in [3.8, 4) is 0 Å². The summed E-state index contributed by atoms with van der Waals surface area (Å²) in [4.78, 5) is 16.0. The van der Waals surface area contributed by atoms with Crippen molar-refractivity contribution >= 4 is 23.1 Å². The van der Waals surface area contributed by atoms with Gasteiger partial charge in [-0.1, -0.05) is 12.1 Å².